The van der Waals surface area contributed by atoms with Crippen LogP contribution >= 0.6 is 31.9 Å². The third-order valence-corrected chi connectivity index (χ3v) is 4.59. The third kappa shape index (κ3) is 2.74. The van der Waals surface area contributed by atoms with E-state index in [1.165, 1.54) is 0 Å². The lowest BCUT2D eigenvalue weighted by Gasteiger charge is -2.25. The van der Waals surface area contributed by atoms with E-state index in [4.69, 9.17) is 0 Å². The van der Waals surface area contributed by atoms with E-state index in [-0.39, 0.29) is 11.3 Å². The molecule has 18 heavy (non-hydrogen) atoms. The second kappa shape index (κ2) is 5.65. The van der Waals surface area contributed by atoms with Crippen molar-refractivity contribution in [1.82, 2.24) is 9.97 Å². The molecule has 98 valence electrons. The van der Waals surface area contributed by atoms with E-state index in [1.807, 2.05) is 0 Å². The predicted octanol–water partition coefficient (Wildman–Crippen LogP) is 3.91. The molecule has 0 saturated heterocycles. The number of nitrogens with zero attached hydrogens (tertiary/aromatic N) is 2. The lowest BCUT2D eigenvalue weighted by atomic mass is 9.82. The Bertz CT molecular complexity index is 459. The van der Waals surface area contributed by atoms with Crippen LogP contribution in [-0.2, 0) is 4.79 Å². The number of carbonyl (C=O) groups excluding carboxylic acids is 1. The van der Waals surface area contributed by atoms with E-state index in [2.05, 4.69) is 54.1 Å². The van der Waals surface area contributed by atoms with E-state index >= 15 is 0 Å². The Labute approximate surface area is 123 Å². The predicted molar refractivity (Wildman–Crippen MR) is 77.3 cm³/mol. The molecule has 0 unspecified atom stereocenters. The number of nitrogens with one attached hydrogen (secondary N) is 1. The Morgan fingerprint density at radius 2 is 2.11 bits per heavy atom. The molecule has 1 aromatic rings. The first-order valence-corrected chi connectivity index (χ1v) is 7.65. The molecule has 1 aromatic heterocycles. The van der Waals surface area contributed by atoms with Crippen LogP contribution in [0.3, 0.4) is 0 Å². The van der Waals surface area contributed by atoms with Crippen molar-refractivity contribution in [3.63, 3.8) is 0 Å². The van der Waals surface area contributed by atoms with Crippen LogP contribution in [-0.4, -0.2) is 15.9 Å². The minimum absolute atomic E-state index is 0.0693. The lowest BCUT2D eigenvalue weighted by molar-refractivity contribution is -0.125. The van der Waals surface area contributed by atoms with Crippen molar-refractivity contribution in [3.05, 3.63) is 15.4 Å². The molecule has 0 aromatic carbocycles. The summed E-state index contributed by atoms with van der Waals surface area (Å²) >= 11 is 6.54. The van der Waals surface area contributed by atoms with Gasteiger partial charge in [-0.2, -0.15) is 0 Å². The largest absolute Gasteiger partial charge is 0.308 e. The van der Waals surface area contributed by atoms with Crippen molar-refractivity contribution in [2.45, 2.75) is 39.0 Å². The molecule has 4 nitrogen and oxygen atoms in total. The summed E-state index contributed by atoms with van der Waals surface area (Å²) in [6.07, 6.45) is 6.66. The Morgan fingerprint density at radius 3 is 2.67 bits per heavy atom. The Hall–Kier alpha value is -0.490. The first-order chi connectivity index (χ1) is 8.57. The summed E-state index contributed by atoms with van der Waals surface area (Å²) in [5, 5.41) is 2.89. The molecule has 1 saturated carbocycles. The van der Waals surface area contributed by atoms with Crippen molar-refractivity contribution in [2.24, 2.45) is 5.41 Å². The van der Waals surface area contributed by atoms with Crippen molar-refractivity contribution in [3.8, 4) is 0 Å². The zero-order valence-corrected chi connectivity index (χ0v) is 13.3. The van der Waals surface area contributed by atoms with Gasteiger partial charge in [0.15, 0.2) is 5.82 Å². The fourth-order valence-corrected chi connectivity index (χ4v) is 3.37. The number of rotatable bonds is 3. The lowest BCUT2D eigenvalue weighted by Crippen LogP contribution is -2.33. The van der Waals surface area contributed by atoms with Gasteiger partial charge in [-0.1, -0.05) is 19.8 Å². The number of hydrogen-bond acceptors (Lipinski definition) is 3. The average Bonchev–Trinajstić information content (AvgIpc) is 2.82. The third-order valence-electron chi connectivity index (χ3n) is 3.65. The maximum atomic E-state index is 12.4. The summed E-state index contributed by atoms with van der Waals surface area (Å²) in [4.78, 5) is 20.7. The summed E-state index contributed by atoms with van der Waals surface area (Å²) in [5.41, 5.74) is -0.214. The van der Waals surface area contributed by atoms with Crippen molar-refractivity contribution >= 4 is 43.6 Å². The number of hydrogen-bond donors (Lipinski definition) is 1. The maximum Gasteiger partial charge on any atom is 0.231 e. The average molecular weight is 377 g/mol. The molecule has 2 rings (SSSR count). The van der Waals surface area contributed by atoms with Gasteiger partial charge in [-0.25, -0.2) is 9.97 Å². The molecule has 0 atom stereocenters. The van der Waals surface area contributed by atoms with Gasteiger partial charge in [-0.05, 0) is 51.1 Å². The van der Waals surface area contributed by atoms with E-state index in [0.717, 1.165) is 32.1 Å². The number of carbonyl (C=O) groups is 1. The van der Waals surface area contributed by atoms with Crippen LogP contribution in [0.25, 0.3) is 0 Å². The van der Waals surface area contributed by atoms with Crippen LogP contribution < -0.4 is 5.32 Å². The van der Waals surface area contributed by atoms with Crippen molar-refractivity contribution < 1.29 is 4.79 Å². The fraction of sp³-hybridized carbons (Fsp3) is 0.583. The first-order valence-electron chi connectivity index (χ1n) is 6.07. The van der Waals surface area contributed by atoms with Gasteiger partial charge < -0.3 is 5.32 Å². The van der Waals surface area contributed by atoms with Crippen molar-refractivity contribution in [2.75, 3.05) is 5.32 Å². The summed E-state index contributed by atoms with van der Waals surface area (Å²) < 4.78 is 1.19. The van der Waals surface area contributed by atoms with E-state index in [9.17, 15) is 4.79 Å². The standard InChI is InChI=1S/C12H15Br2N3O/c1-2-12(5-3-4-6-12)11(18)17-10-9(14)16-8(13)7-15-10/h7H,2-6H2,1H3,(H,15,17,18). The topological polar surface area (TPSA) is 54.9 Å². The molecule has 0 aliphatic heterocycles. The fourth-order valence-electron chi connectivity index (χ4n) is 2.46. The van der Waals surface area contributed by atoms with Gasteiger partial charge in [0.05, 0.1) is 6.20 Å². The highest BCUT2D eigenvalue weighted by molar-refractivity contribution is 9.11. The Kier molecular flexibility index (Phi) is 4.37. The van der Waals surface area contributed by atoms with Crippen LogP contribution in [0.1, 0.15) is 39.0 Å². The molecular formula is C12H15Br2N3O. The van der Waals surface area contributed by atoms with Gasteiger partial charge >= 0.3 is 0 Å². The molecular weight excluding hydrogens is 362 g/mol. The normalized spacial score (nSPS) is 17.7. The highest BCUT2D eigenvalue weighted by Crippen LogP contribution is 2.42. The zero-order chi connectivity index (χ0) is 13.2. The van der Waals surface area contributed by atoms with Gasteiger partial charge in [0, 0.05) is 5.41 Å². The van der Waals surface area contributed by atoms with Crippen LogP contribution in [0.5, 0.6) is 0 Å². The number of amides is 1. The number of anilines is 1. The molecule has 0 bridgehead atoms. The van der Waals surface area contributed by atoms with E-state index < -0.39 is 0 Å². The van der Waals surface area contributed by atoms with Gasteiger partial charge in [0.1, 0.15) is 9.21 Å². The molecule has 6 heteroatoms. The highest BCUT2D eigenvalue weighted by Gasteiger charge is 2.39. The molecule has 0 radical (unpaired) electrons. The molecule has 1 aliphatic rings. The van der Waals surface area contributed by atoms with Crippen molar-refractivity contribution in [1.29, 1.82) is 0 Å². The summed E-state index contributed by atoms with van der Waals surface area (Å²) in [6.45, 7) is 2.08. The van der Waals surface area contributed by atoms with Gasteiger partial charge in [-0.3, -0.25) is 4.79 Å². The quantitative estimate of drug-likeness (QED) is 0.869. The molecule has 1 heterocycles. The summed E-state index contributed by atoms with van der Waals surface area (Å²) in [7, 11) is 0. The minimum Gasteiger partial charge on any atom is -0.308 e. The van der Waals surface area contributed by atoms with Crippen LogP contribution in [0, 0.1) is 5.41 Å². The number of halogens is 2. The van der Waals surface area contributed by atoms with Crippen LogP contribution in [0.2, 0.25) is 0 Å². The smallest absolute Gasteiger partial charge is 0.231 e. The molecule has 1 amide bonds. The molecule has 1 fully saturated rings. The van der Waals surface area contributed by atoms with E-state index in [1.54, 1.807) is 6.20 Å². The second-order valence-electron chi connectivity index (χ2n) is 4.63. The molecule has 0 spiro atoms. The molecule has 1 aliphatic carbocycles. The Balaban J connectivity index is 2.15. The minimum atomic E-state index is -0.214. The second-order valence-corrected chi connectivity index (χ2v) is 6.19. The van der Waals surface area contributed by atoms with Gasteiger partial charge in [0.2, 0.25) is 5.91 Å². The zero-order valence-electron chi connectivity index (χ0n) is 10.2. The number of aromatic nitrogens is 2. The van der Waals surface area contributed by atoms with Crippen LogP contribution in [0.4, 0.5) is 5.82 Å². The Morgan fingerprint density at radius 1 is 1.44 bits per heavy atom. The maximum absolute atomic E-state index is 12.4. The van der Waals surface area contributed by atoms with Gasteiger partial charge in [-0.15, -0.1) is 0 Å². The van der Waals surface area contributed by atoms with Gasteiger partial charge in [0.25, 0.3) is 0 Å². The molecule has 1 N–H and O–H groups in total. The SMILES string of the molecule is CCC1(C(=O)Nc2ncc(Br)nc2Br)CCCC1. The first kappa shape index (κ1) is 13.9. The highest BCUT2D eigenvalue weighted by atomic mass is 79.9. The monoisotopic (exact) mass is 375 g/mol. The summed E-state index contributed by atoms with van der Waals surface area (Å²) in [5.74, 6) is 0.558. The summed E-state index contributed by atoms with van der Waals surface area (Å²) in [6, 6.07) is 0. The van der Waals surface area contributed by atoms with E-state index in [0.29, 0.717) is 15.0 Å². The van der Waals surface area contributed by atoms with Crippen LogP contribution in [0.15, 0.2) is 15.4 Å².